The first-order valence-corrected chi connectivity index (χ1v) is 21.0. The molecular weight excluding hydrogens is 735 g/mol. The zero-order valence-electron chi connectivity index (χ0n) is 33.6. The molecule has 11 aromatic rings. The molecule has 0 spiro atoms. The van der Waals surface area contributed by atoms with Gasteiger partial charge in [-0.1, -0.05) is 206 Å². The number of anilines is 3. The topological polar surface area (TPSA) is 3.24 Å². The number of nitrogens with zero attached hydrogens (tertiary/aromatic N) is 1. The third kappa shape index (κ3) is 6.73. The average molecular weight is 776 g/mol. The summed E-state index contributed by atoms with van der Waals surface area (Å²) in [6.45, 7) is 0. The van der Waals surface area contributed by atoms with Crippen molar-refractivity contribution in [1.29, 1.82) is 0 Å². The lowest BCUT2D eigenvalue weighted by Gasteiger charge is -2.26. The monoisotopic (exact) mass is 775 g/mol. The maximum absolute atomic E-state index is 2.40. The molecule has 1 heteroatoms. The summed E-state index contributed by atoms with van der Waals surface area (Å²) in [4.78, 5) is 2.37. The highest BCUT2D eigenvalue weighted by atomic mass is 15.1. The van der Waals surface area contributed by atoms with E-state index in [1.54, 1.807) is 0 Å². The van der Waals surface area contributed by atoms with E-state index in [-0.39, 0.29) is 0 Å². The van der Waals surface area contributed by atoms with Gasteiger partial charge in [0.2, 0.25) is 0 Å². The summed E-state index contributed by atoms with van der Waals surface area (Å²) in [5.74, 6) is 0. The molecule has 11 aromatic carbocycles. The third-order valence-corrected chi connectivity index (χ3v) is 12.1. The number of hydrogen-bond donors (Lipinski definition) is 0. The lowest BCUT2D eigenvalue weighted by Crippen LogP contribution is -2.09. The summed E-state index contributed by atoms with van der Waals surface area (Å²) in [6, 6.07) is 90.5. The van der Waals surface area contributed by atoms with Gasteiger partial charge in [-0.05, 0) is 130 Å². The largest absolute Gasteiger partial charge is 0.310 e. The average Bonchev–Trinajstić information content (AvgIpc) is 3.34. The van der Waals surface area contributed by atoms with Crippen molar-refractivity contribution in [2.24, 2.45) is 0 Å². The van der Waals surface area contributed by atoms with Crippen LogP contribution < -0.4 is 4.90 Å². The zero-order valence-corrected chi connectivity index (χ0v) is 33.6. The van der Waals surface area contributed by atoms with Crippen LogP contribution in [0.4, 0.5) is 17.1 Å². The molecule has 0 radical (unpaired) electrons. The highest BCUT2D eigenvalue weighted by Crippen LogP contribution is 2.48. The van der Waals surface area contributed by atoms with Crippen LogP contribution >= 0.6 is 0 Å². The minimum atomic E-state index is 1.10. The molecule has 0 N–H and O–H groups in total. The Kier molecular flexibility index (Phi) is 9.26. The molecule has 0 aliphatic carbocycles. The van der Waals surface area contributed by atoms with Gasteiger partial charge >= 0.3 is 0 Å². The summed E-state index contributed by atoms with van der Waals surface area (Å²) in [7, 11) is 0. The van der Waals surface area contributed by atoms with E-state index < -0.39 is 0 Å². The van der Waals surface area contributed by atoms with E-state index in [9.17, 15) is 0 Å². The van der Waals surface area contributed by atoms with Crippen LogP contribution in [0, 0.1) is 0 Å². The second kappa shape index (κ2) is 15.6. The molecule has 0 atom stereocenters. The van der Waals surface area contributed by atoms with E-state index in [1.807, 2.05) is 0 Å². The third-order valence-electron chi connectivity index (χ3n) is 12.1. The summed E-state index contributed by atoms with van der Waals surface area (Å²) < 4.78 is 0. The van der Waals surface area contributed by atoms with E-state index in [0.29, 0.717) is 0 Å². The molecule has 0 aliphatic heterocycles. The molecule has 0 heterocycles. The molecule has 0 aromatic heterocycles. The predicted octanol–water partition coefficient (Wildman–Crippen LogP) is 17.0. The van der Waals surface area contributed by atoms with Crippen LogP contribution in [0.15, 0.2) is 249 Å². The molecule has 0 unspecified atom stereocenters. The van der Waals surface area contributed by atoms with Gasteiger partial charge in [0, 0.05) is 17.1 Å². The van der Waals surface area contributed by atoms with Crippen molar-refractivity contribution < 1.29 is 0 Å². The molecular formula is C60H41N. The van der Waals surface area contributed by atoms with Gasteiger partial charge < -0.3 is 4.90 Å². The molecule has 11 rings (SSSR count). The van der Waals surface area contributed by atoms with Crippen LogP contribution in [0.2, 0.25) is 0 Å². The SMILES string of the molecule is c1ccc(-c2ccc(N(c3ccc(-c4c5ccccc5c(-c5cc(-c6ccccc6)ccc5-c5ccccc5)c5ccccc45)cc3)c3ccc4ccccc4c3)cc2)cc1. The highest BCUT2D eigenvalue weighted by molar-refractivity contribution is 6.22. The van der Waals surface area contributed by atoms with Crippen molar-refractivity contribution in [3.63, 3.8) is 0 Å². The standard InChI is InChI=1S/C60H41N/c1-4-16-42(17-5-1)45-28-34-50(35-29-45)61(52-38-30-44-20-10-11-23-48(44)40-52)51-36-31-47(32-37-51)59-54-24-12-14-26-56(54)60(57-27-15-13-25-55(57)59)58-41-49(43-18-6-2-7-19-43)33-39-53(58)46-21-8-3-9-22-46/h1-41H. The lowest BCUT2D eigenvalue weighted by molar-refractivity contribution is 1.29. The summed E-state index contributed by atoms with van der Waals surface area (Å²) >= 11 is 0. The Morgan fingerprint density at radius 3 is 1.20 bits per heavy atom. The van der Waals surface area contributed by atoms with Crippen LogP contribution in [-0.2, 0) is 0 Å². The Hall–Kier alpha value is -8.00. The van der Waals surface area contributed by atoms with Crippen LogP contribution in [-0.4, -0.2) is 0 Å². The molecule has 0 saturated carbocycles. The molecule has 61 heavy (non-hydrogen) atoms. The first-order chi connectivity index (χ1) is 30.3. The molecule has 0 amide bonds. The predicted molar refractivity (Wildman–Crippen MR) is 261 cm³/mol. The first kappa shape index (κ1) is 36.1. The van der Waals surface area contributed by atoms with Gasteiger partial charge in [0.25, 0.3) is 0 Å². The van der Waals surface area contributed by atoms with Gasteiger partial charge in [-0.3, -0.25) is 0 Å². The number of fused-ring (bicyclic) bond motifs is 3. The summed E-state index contributed by atoms with van der Waals surface area (Å²) in [5, 5.41) is 7.38. The molecule has 0 bridgehead atoms. The van der Waals surface area contributed by atoms with E-state index >= 15 is 0 Å². The first-order valence-electron chi connectivity index (χ1n) is 21.0. The second-order valence-electron chi connectivity index (χ2n) is 15.7. The van der Waals surface area contributed by atoms with E-state index in [0.717, 1.165) is 17.1 Å². The highest BCUT2D eigenvalue weighted by Gasteiger charge is 2.21. The van der Waals surface area contributed by atoms with Crippen molar-refractivity contribution in [3.8, 4) is 55.6 Å². The molecule has 0 aliphatic rings. The summed E-state index contributed by atoms with van der Waals surface area (Å²) in [6.07, 6.45) is 0. The Balaban J connectivity index is 1.08. The van der Waals surface area contributed by atoms with Crippen LogP contribution in [0.25, 0.3) is 88.0 Å². The number of hydrogen-bond acceptors (Lipinski definition) is 1. The maximum Gasteiger partial charge on any atom is 0.0468 e. The minimum Gasteiger partial charge on any atom is -0.310 e. The van der Waals surface area contributed by atoms with Gasteiger partial charge in [-0.15, -0.1) is 0 Å². The van der Waals surface area contributed by atoms with Gasteiger partial charge in [-0.2, -0.15) is 0 Å². The molecule has 0 fully saturated rings. The molecule has 286 valence electrons. The van der Waals surface area contributed by atoms with Crippen molar-refractivity contribution in [3.05, 3.63) is 249 Å². The minimum absolute atomic E-state index is 1.10. The van der Waals surface area contributed by atoms with E-state index in [2.05, 4.69) is 254 Å². The fourth-order valence-corrected chi connectivity index (χ4v) is 9.13. The fraction of sp³-hybridized carbons (Fsp3) is 0. The fourth-order valence-electron chi connectivity index (χ4n) is 9.13. The quantitative estimate of drug-likeness (QED) is 0.139. The van der Waals surface area contributed by atoms with Gasteiger partial charge in [0.15, 0.2) is 0 Å². The number of rotatable bonds is 8. The lowest BCUT2D eigenvalue weighted by atomic mass is 9.83. The van der Waals surface area contributed by atoms with Crippen molar-refractivity contribution in [2.75, 3.05) is 4.90 Å². The maximum atomic E-state index is 2.40. The summed E-state index contributed by atoms with van der Waals surface area (Å²) in [5.41, 5.74) is 15.5. The second-order valence-corrected chi connectivity index (χ2v) is 15.7. The van der Waals surface area contributed by atoms with Crippen molar-refractivity contribution in [1.82, 2.24) is 0 Å². The Bertz CT molecular complexity index is 3260. The Labute approximate surface area is 357 Å². The van der Waals surface area contributed by atoms with E-state index in [4.69, 9.17) is 0 Å². The van der Waals surface area contributed by atoms with Crippen molar-refractivity contribution in [2.45, 2.75) is 0 Å². The molecule has 1 nitrogen and oxygen atoms in total. The van der Waals surface area contributed by atoms with Gasteiger partial charge in [0.1, 0.15) is 0 Å². The van der Waals surface area contributed by atoms with Crippen molar-refractivity contribution >= 4 is 49.4 Å². The Morgan fingerprint density at radius 2 is 0.623 bits per heavy atom. The molecule has 0 saturated heterocycles. The van der Waals surface area contributed by atoms with Crippen LogP contribution in [0.5, 0.6) is 0 Å². The van der Waals surface area contributed by atoms with Gasteiger partial charge in [-0.25, -0.2) is 0 Å². The smallest absolute Gasteiger partial charge is 0.0468 e. The number of benzene rings is 11. The van der Waals surface area contributed by atoms with Gasteiger partial charge in [0.05, 0.1) is 0 Å². The zero-order chi connectivity index (χ0) is 40.5. The van der Waals surface area contributed by atoms with Crippen LogP contribution in [0.3, 0.4) is 0 Å². The van der Waals surface area contributed by atoms with E-state index in [1.165, 1.54) is 88.0 Å². The Morgan fingerprint density at radius 1 is 0.213 bits per heavy atom. The van der Waals surface area contributed by atoms with Crippen LogP contribution in [0.1, 0.15) is 0 Å². The normalized spacial score (nSPS) is 11.3.